The fourth-order valence-corrected chi connectivity index (χ4v) is 2.47. The van der Waals surface area contributed by atoms with E-state index in [0.717, 1.165) is 25.9 Å². The molecule has 1 aromatic rings. The van der Waals surface area contributed by atoms with Crippen LogP contribution in [0.3, 0.4) is 0 Å². The number of rotatable bonds is 1. The molecule has 0 saturated carbocycles. The lowest BCUT2D eigenvalue weighted by Crippen LogP contribution is -2.38. The first-order valence-electron chi connectivity index (χ1n) is 4.59. The monoisotopic (exact) mass is 274 g/mol. The molecular formula is C9H11BrN2OS. The largest absolute Gasteiger partial charge is 0.337 e. The van der Waals surface area contributed by atoms with Crippen molar-refractivity contribution in [3.05, 3.63) is 16.6 Å². The van der Waals surface area contributed by atoms with Crippen molar-refractivity contribution in [2.45, 2.75) is 17.7 Å². The van der Waals surface area contributed by atoms with E-state index in [0.29, 0.717) is 10.5 Å². The van der Waals surface area contributed by atoms with Crippen molar-refractivity contribution >= 4 is 33.2 Å². The minimum absolute atomic E-state index is 0.0747. The Labute approximate surface area is 95.3 Å². The van der Waals surface area contributed by atoms with Crippen LogP contribution in [0.2, 0.25) is 0 Å². The molecule has 76 valence electrons. The summed E-state index contributed by atoms with van der Waals surface area (Å²) in [6, 6.07) is 0. The Balaban J connectivity index is 1.99. The van der Waals surface area contributed by atoms with Crippen molar-refractivity contribution in [1.29, 1.82) is 0 Å². The molecule has 0 aliphatic carbocycles. The van der Waals surface area contributed by atoms with Crippen LogP contribution in [0, 0.1) is 0 Å². The van der Waals surface area contributed by atoms with E-state index in [4.69, 9.17) is 0 Å². The minimum atomic E-state index is 0.0747. The molecule has 3 nitrogen and oxygen atoms in total. The van der Waals surface area contributed by atoms with Gasteiger partial charge in [0.15, 0.2) is 0 Å². The van der Waals surface area contributed by atoms with Gasteiger partial charge in [-0.25, -0.2) is 4.98 Å². The van der Waals surface area contributed by atoms with Gasteiger partial charge in [-0.15, -0.1) is 11.3 Å². The Kier molecular flexibility index (Phi) is 3.18. The normalized spacial score (nSPS) is 18.5. The van der Waals surface area contributed by atoms with Gasteiger partial charge in [-0.05, 0) is 12.8 Å². The number of piperidine rings is 1. The van der Waals surface area contributed by atoms with Gasteiger partial charge in [-0.1, -0.05) is 15.9 Å². The second-order valence-electron chi connectivity index (χ2n) is 3.34. The van der Waals surface area contributed by atoms with Crippen LogP contribution in [0.4, 0.5) is 0 Å². The van der Waals surface area contributed by atoms with Crippen LogP contribution in [0.25, 0.3) is 0 Å². The highest BCUT2D eigenvalue weighted by Gasteiger charge is 2.22. The van der Waals surface area contributed by atoms with Gasteiger partial charge < -0.3 is 4.90 Å². The zero-order valence-electron chi connectivity index (χ0n) is 7.65. The molecule has 1 saturated heterocycles. The Morgan fingerprint density at radius 3 is 2.86 bits per heavy atom. The van der Waals surface area contributed by atoms with Crippen LogP contribution >= 0.6 is 27.3 Å². The van der Waals surface area contributed by atoms with Gasteiger partial charge in [-0.3, -0.25) is 4.79 Å². The van der Waals surface area contributed by atoms with E-state index in [1.807, 2.05) is 10.3 Å². The van der Waals surface area contributed by atoms with Crippen molar-refractivity contribution in [1.82, 2.24) is 9.88 Å². The van der Waals surface area contributed by atoms with Gasteiger partial charge in [0.1, 0.15) is 5.69 Å². The van der Waals surface area contributed by atoms with Gasteiger partial charge >= 0.3 is 0 Å². The van der Waals surface area contributed by atoms with E-state index in [2.05, 4.69) is 20.9 Å². The number of aromatic nitrogens is 1. The molecule has 0 unspecified atom stereocenters. The van der Waals surface area contributed by atoms with Gasteiger partial charge in [0.05, 0.1) is 5.51 Å². The van der Waals surface area contributed by atoms with E-state index in [1.54, 1.807) is 5.51 Å². The summed E-state index contributed by atoms with van der Waals surface area (Å²) in [5.41, 5.74) is 2.29. The number of halogens is 1. The van der Waals surface area contributed by atoms with Crippen LogP contribution in [-0.2, 0) is 0 Å². The molecule has 5 heteroatoms. The summed E-state index contributed by atoms with van der Waals surface area (Å²) in [5, 5.41) is 1.81. The number of carbonyl (C=O) groups is 1. The molecule has 1 aliphatic heterocycles. The van der Waals surface area contributed by atoms with Gasteiger partial charge in [0.25, 0.3) is 5.91 Å². The third-order valence-corrected chi connectivity index (χ3v) is 3.87. The Bertz CT molecular complexity index is 307. The summed E-state index contributed by atoms with van der Waals surface area (Å²) < 4.78 is 0. The molecule has 1 aromatic heterocycles. The molecule has 1 amide bonds. The highest BCUT2D eigenvalue weighted by atomic mass is 79.9. The quantitative estimate of drug-likeness (QED) is 0.736. The zero-order valence-corrected chi connectivity index (χ0v) is 10.1. The fraction of sp³-hybridized carbons (Fsp3) is 0.556. The summed E-state index contributed by atoms with van der Waals surface area (Å²) in [5.74, 6) is 0.0747. The maximum atomic E-state index is 11.8. The molecule has 0 N–H and O–H groups in total. The van der Waals surface area contributed by atoms with Crippen LogP contribution < -0.4 is 0 Å². The fourth-order valence-electron chi connectivity index (χ4n) is 1.53. The topological polar surface area (TPSA) is 33.2 Å². The van der Waals surface area contributed by atoms with E-state index >= 15 is 0 Å². The first-order chi connectivity index (χ1) is 6.77. The molecule has 2 rings (SSSR count). The SMILES string of the molecule is O=C(c1cscn1)N1CCC(Br)CC1. The minimum Gasteiger partial charge on any atom is -0.337 e. The number of hydrogen-bond acceptors (Lipinski definition) is 3. The smallest absolute Gasteiger partial charge is 0.273 e. The number of likely N-dealkylation sites (tertiary alicyclic amines) is 1. The van der Waals surface area contributed by atoms with Crippen LogP contribution in [0.15, 0.2) is 10.9 Å². The number of amides is 1. The summed E-state index contributed by atoms with van der Waals surface area (Å²) in [6.45, 7) is 1.68. The van der Waals surface area contributed by atoms with E-state index < -0.39 is 0 Å². The van der Waals surface area contributed by atoms with Crippen molar-refractivity contribution in [3.63, 3.8) is 0 Å². The van der Waals surface area contributed by atoms with Crippen LogP contribution in [0.5, 0.6) is 0 Å². The summed E-state index contributed by atoms with van der Waals surface area (Å²) in [7, 11) is 0. The summed E-state index contributed by atoms with van der Waals surface area (Å²) in [4.78, 5) is 18.3. The summed E-state index contributed by atoms with van der Waals surface area (Å²) in [6.07, 6.45) is 2.08. The lowest BCUT2D eigenvalue weighted by molar-refractivity contribution is 0.0723. The lowest BCUT2D eigenvalue weighted by atomic mass is 10.1. The first-order valence-corrected chi connectivity index (χ1v) is 6.45. The van der Waals surface area contributed by atoms with Gasteiger partial charge in [-0.2, -0.15) is 0 Å². The zero-order chi connectivity index (χ0) is 9.97. The number of thiazole rings is 1. The van der Waals surface area contributed by atoms with E-state index in [-0.39, 0.29) is 5.91 Å². The molecule has 1 fully saturated rings. The Hall–Kier alpha value is -0.420. The Morgan fingerprint density at radius 2 is 2.29 bits per heavy atom. The number of hydrogen-bond donors (Lipinski definition) is 0. The lowest BCUT2D eigenvalue weighted by Gasteiger charge is -2.28. The highest BCUT2D eigenvalue weighted by Crippen LogP contribution is 2.19. The third kappa shape index (κ3) is 2.15. The summed E-state index contributed by atoms with van der Waals surface area (Å²) >= 11 is 5.03. The number of alkyl halides is 1. The second kappa shape index (κ2) is 4.40. The standard InChI is InChI=1S/C9H11BrN2OS/c10-7-1-3-12(4-2-7)9(13)8-5-14-6-11-8/h5-7H,1-4H2. The molecule has 1 aliphatic rings. The van der Waals surface area contributed by atoms with Crippen molar-refractivity contribution in [2.75, 3.05) is 13.1 Å². The van der Waals surface area contributed by atoms with Crippen molar-refractivity contribution in [2.24, 2.45) is 0 Å². The average Bonchev–Trinajstić information content (AvgIpc) is 2.71. The maximum Gasteiger partial charge on any atom is 0.273 e. The molecule has 2 heterocycles. The van der Waals surface area contributed by atoms with Crippen LogP contribution in [-0.4, -0.2) is 33.7 Å². The van der Waals surface area contributed by atoms with E-state index in [1.165, 1.54) is 11.3 Å². The highest BCUT2D eigenvalue weighted by molar-refractivity contribution is 9.09. The molecule has 0 spiro atoms. The molecule has 0 bridgehead atoms. The first kappa shape index (κ1) is 10.1. The second-order valence-corrected chi connectivity index (χ2v) is 5.35. The molecule has 0 atom stereocenters. The predicted molar refractivity (Wildman–Crippen MR) is 60.0 cm³/mol. The molecule has 0 aromatic carbocycles. The average molecular weight is 275 g/mol. The van der Waals surface area contributed by atoms with Crippen molar-refractivity contribution < 1.29 is 4.79 Å². The van der Waals surface area contributed by atoms with E-state index in [9.17, 15) is 4.79 Å². The molecule has 0 radical (unpaired) electrons. The maximum absolute atomic E-state index is 11.8. The number of carbonyl (C=O) groups excluding carboxylic acids is 1. The van der Waals surface area contributed by atoms with Gasteiger partial charge in [0, 0.05) is 23.3 Å². The third-order valence-electron chi connectivity index (χ3n) is 2.36. The molecular weight excluding hydrogens is 264 g/mol. The van der Waals surface area contributed by atoms with Gasteiger partial charge in [0.2, 0.25) is 0 Å². The predicted octanol–water partition coefficient (Wildman–Crippen LogP) is 2.14. The van der Waals surface area contributed by atoms with Crippen LogP contribution in [0.1, 0.15) is 23.3 Å². The Morgan fingerprint density at radius 1 is 1.57 bits per heavy atom. The molecule has 14 heavy (non-hydrogen) atoms. The number of nitrogens with zero attached hydrogens (tertiary/aromatic N) is 2. The van der Waals surface area contributed by atoms with Crippen molar-refractivity contribution in [3.8, 4) is 0 Å².